The van der Waals surface area contributed by atoms with E-state index in [1.165, 1.54) is 5.56 Å². The van der Waals surface area contributed by atoms with Crippen LogP contribution in [0.3, 0.4) is 0 Å². The van der Waals surface area contributed by atoms with Crippen LogP contribution in [0, 0.1) is 26.2 Å². The van der Waals surface area contributed by atoms with Crippen molar-refractivity contribution < 1.29 is 14.3 Å². The first-order chi connectivity index (χ1) is 12.4. The summed E-state index contributed by atoms with van der Waals surface area (Å²) in [6.07, 6.45) is 1.23. The molecule has 1 heterocycles. The monoisotopic (exact) mass is 359 g/mol. The molecule has 2 N–H and O–H groups in total. The second-order valence-corrected chi connectivity index (χ2v) is 7.52. The second-order valence-electron chi connectivity index (χ2n) is 7.52. The Balaban J connectivity index is 1.56. The Bertz CT molecular complexity index is 669. The van der Waals surface area contributed by atoms with Crippen LogP contribution in [0.5, 0.6) is 0 Å². The summed E-state index contributed by atoms with van der Waals surface area (Å²) in [5.74, 6) is -0.331. The molecule has 0 bridgehead atoms. The molecular weight excluding hydrogens is 330 g/mol. The largest absolute Gasteiger partial charge is 0.379 e. The summed E-state index contributed by atoms with van der Waals surface area (Å²) >= 11 is 0. The number of ether oxygens (including phenoxy) is 1. The lowest BCUT2D eigenvalue weighted by molar-refractivity contribution is -0.134. The molecule has 0 unspecified atom stereocenters. The summed E-state index contributed by atoms with van der Waals surface area (Å²) in [5, 5.41) is 5.96. The normalized spacial score (nSPS) is 19.0. The Morgan fingerprint density at radius 2 is 1.69 bits per heavy atom. The highest BCUT2D eigenvalue weighted by Gasteiger charge is 2.56. The second kappa shape index (κ2) is 7.76. The van der Waals surface area contributed by atoms with Crippen LogP contribution in [0.15, 0.2) is 12.1 Å². The number of hydrogen-bond donors (Lipinski definition) is 2. The average molecular weight is 359 g/mol. The quantitative estimate of drug-likeness (QED) is 0.760. The fraction of sp³-hybridized carbons (Fsp3) is 0.600. The third kappa shape index (κ3) is 4.07. The molecule has 6 heteroatoms. The molecule has 6 nitrogen and oxygen atoms in total. The van der Waals surface area contributed by atoms with Crippen LogP contribution in [0.2, 0.25) is 0 Å². The van der Waals surface area contributed by atoms with Gasteiger partial charge in [0.05, 0.1) is 13.2 Å². The summed E-state index contributed by atoms with van der Waals surface area (Å²) in [6.45, 7) is 10.6. The van der Waals surface area contributed by atoms with Gasteiger partial charge in [0, 0.05) is 31.9 Å². The standard InChI is InChI=1S/C20H29N3O3/c1-14-12-15(2)17(16(3)13-14)22-19(25)20(4-5-20)18(24)21-6-7-23-8-10-26-11-9-23/h12-13H,4-11H2,1-3H3,(H,21,24)(H,22,25). The molecule has 0 atom stereocenters. The molecule has 1 saturated carbocycles. The van der Waals surface area contributed by atoms with Crippen LogP contribution in [-0.4, -0.2) is 56.1 Å². The first kappa shape index (κ1) is 18.9. The van der Waals surface area contributed by atoms with Crippen molar-refractivity contribution in [1.29, 1.82) is 0 Å². The number of aryl methyl sites for hydroxylation is 3. The highest BCUT2D eigenvalue weighted by molar-refractivity contribution is 6.13. The minimum absolute atomic E-state index is 0.148. The molecule has 0 spiro atoms. The highest BCUT2D eigenvalue weighted by Crippen LogP contribution is 2.47. The summed E-state index contributed by atoms with van der Waals surface area (Å²) in [7, 11) is 0. The zero-order valence-electron chi connectivity index (χ0n) is 16.0. The Morgan fingerprint density at radius 1 is 1.08 bits per heavy atom. The zero-order chi connectivity index (χ0) is 18.7. The third-order valence-electron chi connectivity index (χ3n) is 5.35. The van der Waals surface area contributed by atoms with Gasteiger partial charge in [-0.25, -0.2) is 0 Å². The Morgan fingerprint density at radius 3 is 2.27 bits per heavy atom. The van der Waals surface area contributed by atoms with Crippen molar-refractivity contribution in [2.45, 2.75) is 33.6 Å². The van der Waals surface area contributed by atoms with E-state index in [0.717, 1.165) is 49.7 Å². The zero-order valence-corrected chi connectivity index (χ0v) is 16.0. The average Bonchev–Trinajstić information content (AvgIpc) is 3.41. The van der Waals surface area contributed by atoms with Gasteiger partial charge >= 0.3 is 0 Å². The van der Waals surface area contributed by atoms with Crippen molar-refractivity contribution >= 4 is 17.5 Å². The van der Waals surface area contributed by atoms with E-state index in [1.54, 1.807) is 0 Å². The third-order valence-corrected chi connectivity index (χ3v) is 5.35. The molecule has 2 aliphatic rings. The minimum Gasteiger partial charge on any atom is -0.379 e. The molecule has 3 rings (SSSR count). The summed E-state index contributed by atoms with van der Waals surface area (Å²) in [4.78, 5) is 27.7. The van der Waals surface area contributed by atoms with E-state index in [4.69, 9.17) is 4.74 Å². The summed E-state index contributed by atoms with van der Waals surface area (Å²) in [5.41, 5.74) is 3.15. The number of anilines is 1. The molecule has 1 aromatic rings. The Kier molecular flexibility index (Phi) is 5.63. The van der Waals surface area contributed by atoms with Crippen molar-refractivity contribution in [3.8, 4) is 0 Å². The van der Waals surface area contributed by atoms with Gasteiger partial charge in [-0.1, -0.05) is 17.7 Å². The predicted molar refractivity (Wildman–Crippen MR) is 101 cm³/mol. The van der Waals surface area contributed by atoms with Crippen LogP contribution in [0.25, 0.3) is 0 Å². The number of carbonyl (C=O) groups is 2. The lowest BCUT2D eigenvalue weighted by Gasteiger charge is -2.26. The maximum Gasteiger partial charge on any atom is 0.240 e. The number of morpholine rings is 1. The van der Waals surface area contributed by atoms with E-state index in [0.29, 0.717) is 19.4 Å². The van der Waals surface area contributed by atoms with E-state index in [1.807, 2.05) is 32.9 Å². The van der Waals surface area contributed by atoms with Crippen molar-refractivity contribution in [1.82, 2.24) is 10.2 Å². The lowest BCUT2D eigenvalue weighted by atomic mass is 10.0. The fourth-order valence-electron chi connectivity index (χ4n) is 3.61. The number of hydrogen-bond acceptors (Lipinski definition) is 4. The SMILES string of the molecule is Cc1cc(C)c(NC(=O)C2(C(=O)NCCN3CCOCC3)CC2)c(C)c1. The predicted octanol–water partition coefficient (Wildman–Crippen LogP) is 1.78. The van der Waals surface area contributed by atoms with E-state index in [-0.39, 0.29) is 11.8 Å². The van der Waals surface area contributed by atoms with Gasteiger partial charge in [-0.3, -0.25) is 14.5 Å². The molecule has 142 valence electrons. The van der Waals surface area contributed by atoms with Gasteiger partial charge in [0.25, 0.3) is 0 Å². The molecule has 26 heavy (non-hydrogen) atoms. The van der Waals surface area contributed by atoms with Crippen LogP contribution < -0.4 is 10.6 Å². The van der Waals surface area contributed by atoms with Crippen LogP contribution in [-0.2, 0) is 14.3 Å². The van der Waals surface area contributed by atoms with E-state index < -0.39 is 5.41 Å². The van der Waals surface area contributed by atoms with Gasteiger partial charge in [0.2, 0.25) is 11.8 Å². The summed E-state index contributed by atoms with van der Waals surface area (Å²) < 4.78 is 5.32. The number of nitrogens with one attached hydrogen (secondary N) is 2. The maximum absolute atomic E-state index is 12.8. The minimum atomic E-state index is -0.894. The molecule has 1 aliphatic heterocycles. The van der Waals surface area contributed by atoms with E-state index in [9.17, 15) is 9.59 Å². The first-order valence-electron chi connectivity index (χ1n) is 9.40. The van der Waals surface area contributed by atoms with Crippen LogP contribution in [0.4, 0.5) is 5.69 Å². The van der Waals surface area contributed by atoms with Gasteiger partial charge < -0.3 is 15.4 Å². The topological polar surface area (TPSA) is 70.7 Å². The van der Waals surface area contributed by atoms with Crippen molar-refractivity contribution in [2.24, 2.45) is 5.41 Å². The van der Waals surface area contributed by atoms with Gasteiger partial charge in [-0.15, -0.1) is 0 Å². The van der Waals surface area contributed by atoms with Gasteiger partial charge in [-0.05, 0) is 44.7 Å². The number of amides is 2. The van der Waals surface area contributed by atoms with E-state index in [2.05, 4.69) is 15.5 Å². The van der Waals surface area contributed by atoms with Gasteiger partial charge in [0.1, 0.15) is 5.41 Å². The smallest absolute Gasteiger partial charge is 0.240 e. The van der Waals surface area contributed by atoms with E-state index >= 15 is 0 Å². The number of carbonyl (C=O) groups excluding carboxylic acids is 2. The fourth-order valence-corrected chi connectivity index (χ4v) is 3.61. The van der Waals surface area contributed by atoms with Crippen molar-refractivity contribution in [3.63, 3.8) is 0 Å². The van der Waals surface area contributed by atoms with Gasteiger partial charge in [0.15, 0.2) is 0 Å². The van der Waals surface area contributed by atoms with Crippen LogP contribution in [0.1, 0.15) is 29.5 Å². The number of nitrogens with zero attached hydrogens (tertiary/aromatic N) is 1. The maximum atomic E-state index is 12.8. The first-order valence-corrected chi connectivity index (χ1v) is 9.40. The molecule has 2 amide bonds. The van der Waals surface area contributed by atoms with Crippen LogP contribution >= 0.6 is 0 Å². The summed E-state index contributed by atoms with van der Waals surface area (Å²) in [6, 6.07) is 4.09. The molecule has 0 aromatic heterocycles. The Hall–Kier alpha value is -1.92. The molecule has 2 fully saturated rings. The highest BCUT2D eigenvalue weighted by atomic mass is 16.5. The molecule has 0 radical (unpaired) electrons. The van der Waals surface area contributed by atoms with Gasteiger partial charge in [-0.2, -0.15) is 0 Å². The molecule has 1 aliphatic carbocycles. The molecular formula is C20H29N3O3. The number of benzene rings is 1. The van der Waals surface area contributed by atoms with Crippen molar-refractivity contribution in [3.05, 3.63) is 28.8 Å². The molecule has 1 aromatic carbocycles. The molecule has 1 saturated heterocycles. The number of rotatable bonds is 6. The Labute approximate surface area is 155 Å². The lowest BCUT2D eigenvalue weighted by Crippen LogP contribution is -2.45. The van der Waals surface area contributed by atoms with Crippen molar-refractivity contribution in [2.75, 3.05) is 44.7 Å².